The summed E-state index contributed by atoms with van der Waals surface area (Å²) in [5.41, 5.74) is -0.147. The van der Waals surface area contributed by atoms with Crippen molar-refractivity contribution >= 4 is 23.5 Å². The Hall–Kier alpha value is -0.590. The van der Waals surface area contributed by atoms with Crippen molar-refractivity contribution < 1.29 is 19.1 Å². The van der Waals surface area contributed by atoms with E-state index in [1.54, 1.807) is 11.8 Å². The van der Waals surface area contributed by atoms with E-state index in [2.05, 4.69) is 34.6 Å². The topological polar surface area (TPSA) is 55.8 Å². The zero-order valence-corrected chi connectivity index (χ0v) is 21.1. The van der Waals surface area contributed by atoms with Crippen LogP contribution in [0.3, 0.4) is 0 Å². The van der Waals surface area contributed by atoms with Crippen molar-refractivity contribution in [3.05, 3.63) is 0 Å². The number of hydrogen-bond acceptors (Lipinski definition) is 5. The average Bonchev–Trinajstić information content (AvgIpc) is 2.52. The Morgan fingerprint density at radius 1 is 1.10 bits per heavy atom. The predicted molar refractivity (Wildman–Crippen MR) is 124 cm³/mol. The minimum atomic E-state index is -0.147. The van der Waals surface area contributed by atoms with E-state index in [4.69, 9.17) is 9.47 Å². The van der Waals surface area contributed by atoms with Gasteiger partial charge in [0.2, 0.25) is 5.91 Å². The monoisotopic (exact) mass is 431 g/mol. The van der Waals surface area contributed by atoms with Gasteiger partial charge in [-0.15, -0.1) is 0 Å². The zero-order chi connectivity index (χ0) is 22.7. The number of amides is 1. The van der Waals surface area contributed by atoms with Crippen LogP contribution in [0, 0.1) is 11.3 Å². The Bertz CT molecular complexity index is 493. The van der Waals surface area contributed by atoms with Gasteiger partial charge in [0, 0.05) is 43.4 Å². The van der Waals surface area contributed by atoms with Gasteiger partial charge in [-0.2, -0.15) is 11.8 Å². The maximum absolute atomic E-state index is 12.6. The molecule has 0 aliphatic rings. The first-order chi connectivity index (χ1) is 13.3. The van der Waals surface area contributed by atoms with Crippen LogP contribution in [-0.4, -0.2) is 66.6 Å². The first-order valence-electron chi connectivity index (χ1n) is 10.8. The minimum absolute atomic E-state index is 0.0841. The van der Waals surface area contributed by atoms with Crippen molar-refractivity contribution in [2.24, 2.45) is 11.3 Å². The van der Waals surface area contributed by atoms with Gasteiger partial charge in [-0.1, -0.05) is 41.5 Å². The van der Waals surface area contributed by atoms with Crippen LogP contribution in [-0.2, 0) is 19.1 Å². The normalized spacial score (nSPS) is 14.5. The third-order valence-corrected chi connectivity index (χ3v) is 6.00. The Labute approximate surface area is 183 Å². The summed E-state index contributed by atoms with van der Waals surface area (Å²) in [5, 5.41) is 0. The van der Waals surface area contributed by atoms with E-state index < -0.39 is 0 Å². The summed E-state index contributed by atoms with van der Waals surface area (Å²) in [4.78, 5) is 25.5. The third-order valence-electron chi connectivity index (χ3n) is 4.73. The minimum Gasteiger partial charge on any atom is -0.381 e. The number of nitrogens with zero attached hydrogens (tertiary/aromatic N) is 1. The molecule has 0 aromatic carbocycles. The van der Waals surface area contributed by atoms with Crippen molar-refractivity contribution in [1.29, 1.82) is 0 Å². The van der Waals surface area contributed by atoms with E-state index in [0.29, 0.717) is 39.2 Å². The fourth-order valence-electron chi connectivity index (χ4n) is 3.29. The number of thioether (sulfide) groups is 1. The lowest BCUT2D eigenvalue weighted by Gasteiger charge is -2.31. The molecule has 6 heteroatoms. The summed E-state index contributed by atoms with van der Waals surface area (Å²) in [6, 6.07) is 0. The molecule has 0 aromatic rings. The van der Waals surface area contributed by atoms with Crippen molar-refractivity contribution in [3.63, 3.8) is 0 Å². The van der Waals surface area contributed by atoms with Gasteiger partial charge in [0.15, 0.2) is 0 Å². The lowest BCUT2D eigenvalue weighted by atomic mass is 9.94. The molecule has 0 saturated carbocycles. The summed E-state index contributed by atoms with van der Waals surface area (Å²) in [7, 11) is 1.84. The fourth-order valence-corrected chi connectivity index (χ4v) is 4.30. The molecule has 0 spiro atoms. The fraction of sp³-hybridized carbons (Fsp3) is 0.913. The molecule has 0 aromatic heterocycles. The predicted octanol–water partition coefficient (Wildman–Crippen LogP) is 4.82. The summed E-state index contributed by atoms with van der Waals surface area (Å²) < 4.78 is 11.9. The van der Waals surface area contributed by atoms with Gasteiger partial charge in [-0.25, -0.2) is 0 Å². The summed E-state index contributed by atoms with van der Waals surface area (Å²) >= 11 is 1.94. The Balaban J connectivity index is 4.24. The molecule has 0 radical (unpaired) electrons. The molecule has 29 heavy (non-hydrogen) atoms. The van der Waals surface area contributed by atoms with Gasteiger partial charge in [0.05, 0.1) is 19.1 Å². The molecule has 0 rings (SSSR count). The quantitative estimate of drug-likeness (QED) is 0.351. The highest BCUT2D eigenvalue weighted by molar-refractivity contribution is 8.00. The second-order valence-electron chi connectivity index (χ2n) is 9.77. The van der Waals surface area contributed by atoms with Crippen LogP contribution in [0.25, 0.3) is 0 Å². The molecule has 2 unspecified atom stereocenters. The summed E-state index contributed by atoms with van der Waals surface area (Å²) in [5.74, 6) is 1.61. The Kier molecular flexibility index (Phi) is 13.4. The molecule has 5 nitrogen and oxygen atoms in total. The smallest absolute Gasteiger partial charge is 0.224 e. The van der Waals surface area contributed by atoms with Crippen molar-refractivity contribution in [3.8, 4) is 0 Å². The number of Topliss-reactive ketones (excluding diaryl/α,β-unsaturated/α-hetero) is 1. The van der Waals surface area contributed by atoms with E-state index in [9.17, 15) is 9.59 Å². The lowest BCUT2D eigenvalue weighted by Crippen LogP contribution is -2.39. The zero-order valence-electron chi connectivity index (χ0n) is 20.3. The van der Waals surface area contributed by atoms with Crippen LogP contribution in [0.2, 0.25) is 0 Å². The third kappa shape index (κ3) is 14.9. The van der Waals surface area contributed by atoms with E-state index in [-0.39, 0.29) is 33.9 Å². The van der Waals surface area contributed by atoms with Crippen molar-refractivity contribution in [2.75, 3.05) is 39.2 Å². The number of carbonyl (C=O) groups is 2. The highest BCUT2D eigenvalue weighted by Crippen LogP contribution is 2.27. The van der Waals surface area contributed by atoms with E-state index in [1.165, 1.54) is 0 Å². The van der Waals surface area contributed by atoms with Gasteiger partial charge in [0.1, 0.15) is 5.78 Å². The number of ether oxygens (including phenoxy) is 2. The van der Waals surface area contributed by atoms with Crippen LogP contribution >= 0.6 is 11.8 Å². The molecule has 0 N–H and O–H groups in total. The average molecular weight is 432 g/mol. The number of ketones is 1. The molecular formula is C23H45NO4S. The summed E-state index contributed by atoms with van der Waals surface area (Å²) in [6.45, 7) is 18.9. The first-order valence-corrected chi connectivity index (χ1v) is 11.8. The van der Waals surface area contributed by atoms with E-state index in [0.717, 1.165) is 12.2 Å². The van der Waals surface area contributed by atoms with Gasteiger partial charge in [-0.3, -0.25) is 4.79 Å². The van der Waals surface area contributed by atoms with E-state index in [1.807, 2.05) is 32.7 Å². The van der Waals surface area contributed by atoms with Crippen molar-refractivity contribution in [1.82, 2.24) is 4.90 Å². The van der Waals surface area contributed by atoms with Gasteiger partial charge < -0.3 is 19.2 Å². The highest BCUT2D eigenvalue weighted by atomic mass is 32.2. The number of hydrogen-bond donors (Lipinski definition) is 0. The summed E-state index contributed by atoms with van der Waals surface area (Å²) in [6.07, 6.45) is 1.83. The Morgan fingerprint density at radius 2 is 1.72 bits per heavy atom. The number of rotatable bonds is 16. The molecule has 2 atom stereocenters. The molecule has 1 amide bonds. The second-order valence-corrected chi connectivity index (χ2v) is 11.7. The highest BCUT2D eigenvalue weighted by Gasteiger charge is 2.25. The van der Waals surface area contributed by atoms with Gasteiger partial charge >= 0.3 is 0 Å². The SMILES string of the molecule is CCSC(C)(C)CCOC(C)CC(=O)N(C)CC(C)(C)COCC(C)CC(C)=O. The van der Waals surface area contributed by atoms with Gasteiger partial charge in [-0.05, 0) is 31.9 Å². The standard InChI is InChI=1S/C23H45NO4S/c1-10-29-23(7,8)11-12-28-20(4)14-21(26)24(9)16-22(5,6)17-27-15-18(2)13-19(3)25/h18,20H,10-17H2,1-9H3. The maximum Gasteiger partial charge on any atom is 0.224 e. The molecule has 0 heterocycles. The van der Waals surface area contributed by atoms with Crippen LogP contribution in [0.15, 0.2) is 0 Å². The molecule has 0 aliphatic heterocycles. The second kappa shape index (κ2) is 13.7. The van der Waals surface area contributed by atoms with E-state index >= 15 is 0 Å². The van der Waals surface area contributed by atoms with Crippen LogP contribution in [0.1, 0.15) is 74.7 Å². The van der Waals surface area contributed by atoms with Crippen LogP contribution < -0.4 is 0 Å². The van der Waals surface area contributed by atoms with Crippen LogP contribution in [0.5, 0.6) is 0 Å². The maximum atomic E-state index is 12.6. The molecule has 0 bridgehead atoms. The van der Waals surface area contributed by atoms with Gasteiger partial charge in [0.25, 0.3) is 0 Å². The molecule has 0 fully saturated rings. The molecular weight excluding hydrogens is 386 g/mol. The Morgan fingerprint density at radius 3 is 2.28 bits per heavy atom. The molecule has 172 valence electrons. The lowest BCUT2D eigenvalue weighted by molar-refractivity contribution is -0.134. The molecule has 0 aliphatic carbocycles. The largest absolute Gasteiger partial charge is 0.381 e. The molecule has 0 saturated heterocycles. The van der Waals surface area contributed by atoms with Crippen LogP contribution in [0.4, 0.5) is 0 Å². The van der Waals surface area contributed by atoms with Crippen molar-refractivity contribution in [2.45, 2.75) is 85.5 Å². The first kappa shape index (κ1) is 28.4. The number of carbonyl (C=O) groups excluding carboxylic acids is 2.